The van der Waals surface area contributed by atoms with Crippen LogP contribution in [0.25, 0.3) is 11.3 Å². The highest BCUT2D eigenvalue weighted by Gasteiger charge is 2.16. The van der Waals surface area contributed by atoms with Crippen molar-refractivity contribution in [3.63, 3.8) is 0 Å². The van der Waals surface area contributed by atoms with Crippen LogP contribution in [0, 0.1) is 0 Å². The molecule has 92 valence electrons. The van der Waals surface area contributed by atoms with E-state index in [0.29, 0.717) is 5.15 Å². The molecule has 0 atom stereocenters. The molecule has 1 aliphatic rings. The van der Waals surface area contributed by atoms with E-state index in [1.54, 1.807) is 18.5 Å². The molecule has 4 nitrogen and oxygen atoms in total. The summed E-state index contributed by atoms with van der Waals surface area (Å²) in [5.74, 6) is 0.729. The van der Waals surface area contributed by atoms with Crippen LogP contribution in [-0.4, -0.2) is 28.0 Å². The van der Waals surface area contributed by atoms with Crippen molar-refractivity contribution in [3.05, 3.63) is 35.7 Å². The van der Waals surface area contributed by atoms with Crippen molar-refractivity contribution in [1.29, 1.82) is 0 Å². The quantitative estimate of drug-likeness (QED) is 0.779. The first-order valence-corrected chi connectivity index (χ1v) is 6.41. The molecule has 2 aromatic heterocycles. The zero-order valence-corrected chi connectivity index (χ0v) is 10.6. The highest BCUT2D eigenvalue weighted by molar-refractivity contribution is 6.29. The van der Waals surface area contributed by atoms with Gasteiger partial charge in [-0.1, -0.05) is 11.6 Å². The number of anilines is 1. The summed E-state index contributed by atoms with van der Waals surface area (Å²) in [7, 11) is 0. The lowest BCUT2D eigenvalue weighted by Gasteiger charge is -2.16. The number of halogens is 1. The van der Waals surface area contributed by atoms with Gasteiger partial charge in [-0.3, -0.25) is 4.98 Å². The van der Waals surface area contributed by atoms with Gasteiger partial charge >= 0.3 is 0 Å². The van der Waals surface area contributed by atoms with Crippen LogP contribution in [0.1, 0.15) is 12.8 Å². The van der Waals surface area contributed by atoms with Crippen molar-refractivity contribution in [3.8, 4) is 11.3 Å². The predicted octanol–water partition coefficient (Wildman–Crippen LogP) is 2.79. The minimum absolute atomic E-state index is 0.485. The van der Waals surface area contributed by atoms with Gasteiger partial charge in [0.1, 0.15) is 5.15 Å². The van der Waals surface area contributed by atoms with Crippen LogP contribution in [-0.2, 0) is 0 Å². The van der Waals surface area contributed by atoms with E-state index in [4.69, 9.17) is 11.6 Å². The van der Waals surface area contributed by atoms with Gasteiger partial charge in [0.25, 0.3) is 0 Å². The molecular formula is C13H13ClN4. The Morgan fingerprint density at radius 3 is 2.50 bits per heavy atom. The average molecular weight is 261 g/mol. The molecule has 0 aliphatic carbocycles. The maximum atomic E-state index is 6.08. The van der Waals surface area contributed by atoms with Gasteiger partial charge in [-0.2, -0.15) is 0 Å². The van der Waals surface area contributed by atoms with Crippen molar-refractivity contribution in [2.24, 2.45) is 0 Å². The van der Waals surface area contributed by atoms with Gasteiger partial charge in [-0.25, -0.2) is 9.97 Å². The van der Waals surface area contributed by atoms with Crippen molar-refractivity contribution >= 4 is 17.5 Å². The van der Waals surface area contributed by atoms with Crippen LogP contribution >= 0.6 is 11.6 Å². The first-order chi connectivity index (χ1) is 8.83. The third-order valence-corrected chi connectivity index (χ3v) is 3.24. The van der Waals surface area contributed by atoms with E-state index in [1.807, 2.05) is 12.1 Å². The van der Waals surface area contributed by atoms with E-state index in [1.165, 1.54) is 12.8 Å². The normalized spacial score (nSPS) is 15.1. The van der Waals surface area contributed by atoms with Crippen molar-refractivity contribution in [1.82, 2.24) is 15.0 Å². The minimum atomic E-state index is 0.485. The van der Waals surface area contributed by atoms with Gasteiger partial charge in [-0.15, -0.1) is 0 Å². The Labute approximate surface area is 111 Å². The van der Waals surface area contributed by atoms with Gasteiger partial charge in [0.15, 0.2) is 0 Å². The molecule has 0 N–H and O–H groups in total. The summed E-state index contributed by atoms with van der Waals surface area (Å²) in [5.41, 5.74) is 1.86. The summed E-state index contributed by atoms with van der Waals surface area (Å²) in [6.07, 6.45) is 5.89. The molecule has 1 saturated heterocycles. The van der Waals surface area contributed by atoms with E-state index in [9.17, 15) is 0 Å². The molecule has 0 bridgehead atoms. The Bertz CT molecular complexity index is 538. The zero-order chi connectivity index (χ0) is 12.4. The van der Waals surface area contributed by atoms with E-state index in [2.05, 4.69) is 19.9 Å². The first-order valence-electron chi connectivity index (χ1n) is 6.03. The molecule has 3 rings (SSSR count). The monoisotopic (exact) mass is 260 g/mol. The van der Waals surface area contributed by atoms with Crippen molar-refractivity contribution < 1.29 is 0 Å². The minimum Gasteiger partial charge on any atom is -0.341 e. The van der Waals surface area contributed by atoms with Gasteiger partial charge < -0.3 is 4.90 Å². The molecule has 1 fully saturated rings. The van der Waals surface area contributed by atoms with E-state index in [0.717, 1.165) is 30.3 Å². The highest BCUT2D eigenvalue weighted by Crippen LogP contribution is 2.24. The summed E-state index contributed by atoms with van der Waals surface area (Å²) >= 11 is 6.08. The summed E-state index contributed by atoms with van der Waals surface area (Å²) in [5, 5.41) is 0.485. The lowest BCUT2D eigenvalue weighted by atomic mass is 10.2. The summed E-state index contributed by atoms with van der Waals surface area (Å²) in [6.45, 7) is 2.02. The molecule has 0 unspecified atom stereocenters. The topological polar surface area (TPSA) is 41.9 Å². The van der Waals surface area contributed by atoms with Gasteiger partial charge in [0.05, 0.1) is 5.69 Å². The lowest BCUT2D eigenvalue weighted by Crippen LogP contribution is -2.20. The third-order valence-electron chi connectivity index (χ3n) is 3.05. The fourth-order valence-electron chi connectivity index (χ4n) is 2.13. The summed E-state index contributed by atoms with van der Waals surface area (Å²) < 4.78 is 0. The number of hydrogen-bond acceptors (Lipinski definition) is 4. The van der Waals surface area contributed by atoms with Crippen LogP contribution in [0.5, 0.6) is 0 Å². The van der Waals surface area contributed by atoms with Gasteiger partial charge in [0, 0.05) is 37.1 Å². The number of pyridine rings is 1. The number of rotatable bonds is 2. The van der Waals surface area contributed by atoms with Gasteiger partial charge in [0.2, 0.25) is 5.95 Å². The smallest absolute Gasteiger partial charge is 0.227 e. The fourth-order valence-corrected chi connectivity index (χ4v) is 2.31. The fraction of sp³-hybridized carbons (Fsp3) is 0.308. The Hall–Kier alpha value is -1.68. The maximum absolute atomic E-state index is 6.08. The van der Waals surface area contributed by atoms with Crippen LogP contribution in [0.15, 0.2) is 30.6 Å². The third kappa shape index (κ3) is 2.29. The summed E-state index contributed by atoms with van der Waals surface area (Å²) in [6, 6.07) is 5.63. The predicted molar refractivity (Wildman–Crippen MR) is 71.7 cm³/mol. The van der Waals surface area contributed by atoms with Crippen LogP contribution in [0.3, 0.4) is 0 Å². The second kappa shape index (κ2) is 4.90. The summed E-state index contributed by atoms with van der Waals surface area (Å²) in [4.78, 5) is 15.1. The molecule has 0 aromatic carbocycles. The van der Waals surface area contributed by atoms with Gasteiger partial charge in [-0.05, 0) is 25.0 Å². The molecule has 0 saturated carbocycles. The first kappa shape index (κ1) is 11.4. The molecule has 0 spiro atoms. The van der Waals surface area contributed by atoms with E-state index >= 15 is 0 Å². The Morgan fingerprint density at radius 2 is 1.78 bits per heavy atom. The zero-order valence-electron chi connectivity index (χ0n) is 9.88. The Balaban J connectivity index is 2.00. The Kier molecular flexibility index (Phi) is 3.11. The van der Waals surface area contributed by atoms with Crippen molar-refractivity contribution in [2.45, 2.75) is 12.8 Å². The Morgan fingerprint density at radius 1 is 1.06 bits per heavy atom. The van der Waals surface area contributed by atoms with E-state index < -0.39 is 0 Å². The molecule has 1 aliphatic heterocycles. The largest absolute Gasteiger partial charge is 0.341 e. The second-order valence-corrected chi connectivity index (χ2v) is 4.69. The van der Waals surface area contributed by atoms with Crippen LogP contribution in [0.2, 0.25) is 5.15 Å². The number of hydrogen-bond donors (Lipinski definition) is 0. The molecule has 2 aromatic rings. The average Bonchev–Trinajstić information content (AvgIpc) is 2.93. The number of nitrogens with zero attached hydrogens (tertiary/aromatic N) is 4. The standard InChI is InChI=1S/C13H13ClN4/c14-12-9-11(10-3-5-15-6-4-10)16-13(17-12)18-7-1-2-8-18/h3-6,9H,1-2,7-8H2. The molecule has 18 heavy (non-hydrogen) atoms. The molecule has 5 heteroatoms. The second-order valence-electron chi connectivity index (χ2n) is 4.31. The molecule has 0 radical (unpaired) electrons. The van der Waals surface area contributed by atoms with Crippen molar-refractivity contribution in [2.75, 3.05) is 18.0 Å². The van der Waals surface area contributed by atoms with Crippen LogP contribution in [0.4, 0.5) is 5.95 Å². The SMILES string of the molecule is Clc1cc(-c2ccncc2)nc(N2CCCC2)n1. The molecule has 0 amide bonds. The van der Waals surface area contributed by atoms with Crippen LogP contribution < -0.4 is 4.90 Å². The highest BCUT2D eigenvalue weighted by atomic mass is 35.5. The molecular weight excluding hydrogens is 248 g/mol. The van der Waals surface area contributed by atoms with E-state index in [-0.39, 0.29) is 0 Å². The lowest BCUT2D eigenvalue weighted by molar-refractivity contribution is 0.900. The number of aromatic nitrogens is 3. The maximum Gasteiger partial charge on any atom is 0.227 e. The molecule has 3 heterocycles.